The van der Waals surface area contributed by atoms with Gasteiger partial charge in [-0.15, -0.1) is 0 Å². The van der Waals surface area contributed by atoms with E-state index >= 15 is 0 Å². The first kappa shape index (κ1) is 16.2. The van der Waals surface area contributed by atoms with Crippen molar-refractivity contribution in [3.63, 3.8) is 0 Å². The van der Waals surface area contributed by atoms with E-state index in [2.05, 4.69) is 13.8 Å². The fraction of sp³-hybridized carbons (Fsp3) is 0.143. The second kappa shape index (κ2) is 6.52. The van der Waals surface area contributed by atoms with Gasteiger partial charge in [0.05, 0.1) is 0 Å². The Morgan fingerprint density at radius 2 is 0.944 bits per heavy atom. The molecule has 4 heteroatoms. The van der Waals surface area contributed by atoms with E-state index in [1.54, 1.807) is 0 Å². The van der Waals surface area contributed by atoms with Crippen LogP contribution in [0.2, 0.25) is 0 Å². The van der Waals surface area contributed by atoms with E-state index in [0.29, 0.717) is 0 Å². The zero-order chi connectivity index (χ0) is 12.5. The number of aryl methyl sites for hydroxylation is 2. The molecule has 0 unspecified atom stereocenters. The molecule has 0 aromatic heterocycles. The Hall–Kier alpha value is 0.112. The van der Waals surface area contributed by atoms with Crippen molar-refractivity contribution >= 4 is 39.1 Å². The van der Waals surface area contributed by atoms with Gasteiger partial charge < -0.3 is 0 Å². The van der Waals surface area contributed by atoms with E-state index in [1.165, 1.54) is 11.1 Å². The number of benzene rings is 2. The normalized spacial score (nSPS) is 10.9. The van der Waals surface area contributed by atoms with Gasteiger partial charge in [0.25, 0.3) is 5.97 Å². The maximum Gasteiger partial charge on any atom is 0.275 e. The predicted octanol–water partition coefficient (Wildman–Crippen LogP) is 4.58. The Labute approximate surface area is 132 Å². The zero-order valence-electron chi connectivity index (χ0n) is 10.1. The average Bonchev–Trinajstić information content (AvgIpc) is 2.30. The molecule has 0 saturated heterocycles. The number of hydrogen-bond donors (Lipinski definition) is 0. The monoisotopic (exact) mass is 389 g/mol. The molecule has 0 aliphatic carbocycles. The third-order valence-corrected chi connectivity index (χ3v) is 6.95. The van der Waals surface area contributed by atoms with Crippen LogP contribution in [0.15, 0.2) is 48.5 Å². The standard InChI is InChI=1S/C14H14Cl2P.Pd/c1-11-3-7-13(8-4-11)17(15,16)14-9-5-12(2)6-10-14;/h3-10H,1-2H3;/q+1;. The minimum absolute atomic E-state index is 0. The van der Waals surface area contributed by atoms with Crippen LogP contribution in [0.5, 0.6) is 0 Å². The first-order valence-corrected chi connectivity index (χ1v) is 9.03. The quantitative estimate of drug-likeness (QED) is 0.520. The topological polar surface area (TPSA) is 0 Å². The van der Waals surface area contributed by atoms with Crippen molar-refractivity contribution in [2.24, 2.45) is 0 Å². The maximum atomic E-state index is 6.57. The number of hydrogen-bond acceptors (Lipinski definition) is 0. The van der Waals surface area contributed by atoms with E-state index in [9.17, 15) is 0 Å². The van der Waals surface area contributed by atoms with Gasteiger partial charge in [0.1, 0.15) is 33.1 Å². The van der Waals surface area contributed by atoms with Gasteiger partial charge in [-0.25, -0.2) is 0 Å². The summed E-state index contributed by atoms with van der Waals surface area (Å²) in [5, 5.41) is 2.02. The van der Waals surface area contributed by atoms with Crippen molar-refractivity contribution in [1.29, 1.82) is 0 Å². The Morgan fingerprint density at radius 1 is 0.667 bits per heavy atom. The van der Waals surface area contributed by atoms with Crippen LogP contribution in [0.3, 0.4) is 0 Å². The molecule has 2 aromatic rings. The summed E-state index contributed by atoms with van der Waals surface area (Å²) in [6, 6.07) is 16.2. The van der Waals surface area contributed by atoms with Crippen molar-refractivity contribution in [3.05, 3.63) is 59.7 Å². The molecule has 0 spiro atoms. The molecule has 2 rings (SSSR count). The van der Waals surface area contributed by atoms with Gasteiger partial charge in [-0.1, -0.05) is 35.4 Å². The van der Waals surface area contributed by atoms with Crippen molar-refractivity contribution in [1.82, 2.24) is 0 Å². The Balaban J connectivity index is 0.00000162. The molecule has 0 aliphatic heterocycles. The Bertz CT molecular complexity index is 459. The van der Waals surface area contributed by atoms with Crippen LogP contribution in [-0.4, -0.2) is 0 Å². The first-order chi connectivity index (χ1) is 8.00. The van der Waals surface area contributed by atoms with Gasteiger partial charge in [0.15, 0.2) is 0 Å². The van der Waals surface area contributed by atoms with Crippen molar-refractivity contribution in [2.45, 2.75) is 13.8 Å². The maximum absolute atomic E-state index is 6.57. The Kier molecular flexibility index (Phi) is 5.85. The molecular weight excluding hydrogens is 376 g/mol. The molecule has 0 aliphatic rings. The van der Waals surface area contributed by atoms with Crippen molar-refractivity contribution in [2.75, 3.05) is 0 Å². The van der Waals surface area contributed by atoms with Crippen LogP contribution in [0.1, 0.15) is 11.1 Å². The number of rotatable bonds is 2. The van der Waals surface area contributed by atoms with Crippen molar-refractivity contribution < 1.29 is 20.4 Å². The summed E-state index contributed by atoms with van der Waals surface area (Å²) in [6.45, 7) is 4.11. The molecule has 0 bridgehead atoms. The molecular formula is C14H14Cl2PPd+. The van der Waals surface area contributed by atoms with E-state index < -0.39 is 5.97 Å². The molecule has 0 atom stereocenters. The summed E-state index contributed by atoms with van der Waals surface area (Å²) in [5.74, 6) is -2.24. The minimum Gasteiger partial charge on any atom is -0.0553 e. The molecule has 0 radical (unpaired) electrons. The van der Waals surface area contributed by atoms with E-state index in [-0.39, 0.29) is 20.4 Å². The molecule has 0 nitrogen and oxygen atoms in total. The third kappa shape index (κ3) is 3.57. The molecule has 0 fully saturated rings. The molecule has 98 valence electrons. The summed E-state index contributed by atoms with van der Waals surface area (Å²) >= 11 is 13.1. The van der Waals surface area contributed by atoms with Crippen LogP contribution in [0.25, 0.3) is 0 Å². The van der Waals surface area contributed by atoms with Gasteiger partial charge in [-0.2, -0.15) is 0 Å². The molecule has 0 saturated carbocycles. The SMILES string of the molecule is Cc1ccc([P+](Cl)(Cl)c2ccc(C)cc2)cc1.[Pd]. The smallest absolute Gasteiger partial charge is 0.0553 e. The third-order valence-electron chi connectivity index (χ3n) is 2.72. The minimum atomic E-state index is -2.24. The molecule has 0 N–H and O–H groups in total. The predicted molar refractivity (Wildman–Crippen MR) is 80.3 cm³/mol. The molecule has 0 heterocycles. The fourth-order valence-corrected chi connectivity index (χ4v) is 4.31. The largest absolute Gasteiger partial charge is 0.275 e. The van der Waals surface area contributed by atoms with E-state index in [1.807, 2.05) is 48.5 Å². The summed E-state index contributed by atoms with van der Waals surface area (Å²) in [5.41, 5.74) is 2.43. The van der Waals surface area contributed by atoms with Gasteiger partial charge >= 0.3 is 0 Å². The van der Waals surface area contributed by atoms with Crippen molar-refractivity contribution in [3.8, 4) is 0 Å². The van der Waals surface area contributed by atoms with Crippen LogP contribution < -0.4 is 10.6 Å². The first-order valence-electron chi connectivity index (χ1n) is 5.43. The van der Waals surface area contributed by atoms with Crippen LogP contribution >= 0.6 is 28.4 Å². The zero-order valence-corrected chi connectivity index (χ0v) is 14.1. The van der Waals surface area contributed by atoms with Crippen LogP contribution in [0, 0.1) is 13.8 Å². The van der Waals surface area contributed by atoms with Crippen LogP contribution in [0.4, 0.5) is 0 Å². The second-order valence-corrected chi connectivity index (χ2v) is 9.81. The van der Waals surface area contributed by atoms with Gasteiger partial charge in [0, 0.05) is 20.4 Å². The summed E-state index contributed by atoms with van der Waals surface area (Å²) in [7, 11) is 0. The fourth-order valence-electron chi connectivity index (χ4n) is 1.61. The van der Waals surface area contributed by atoms with Crippen LogP contribution in [-0.2, 0) is 20.4 Å². The second-order valence-electron chi connectivity index (χ2n) is 4.18. The van der Waals surface area contributed by atoms with Gasteiger partial charge in [0.2, 0.25) is 0 Å². The van der Waals surface area contributed by atoms with Gasteiger partial charge in [-0.3, -0.25) is 0 Å². The van der Waals surface area contributed by atoms with E-state index in [4.69, 9.17) is 22.5 Å². The summed E-state index contributed by atoms with van der Waals surface area (Å²) < 4.78 is 0. The summed E-state index contributed by atoms with van der Waals surface area (Å²) in [4.78, 5) is 0. The van der Waals surface area contributed by atoms with Gasteiger partial charge in [-0.05, 0) is 38.1 Å². The Morgan fingerprint density at radius 3 is 1.22 bits per heavy atom. The molecule has 18 heavy (non-hydrogen) atoms. The average molecular weight is 391 g/mol. The van der Waals surface area contributed by atoms with E-state index in [0.717, 1.165) is 10.6 Å². The molecule has 2 aromatic carbocycles. The number of halogens is 2. The summed E-state index contributed by atoms with van der Waals surface area (Å²) in [6.07, 6.45) is 0. The molecule has 0 amide bonds.